The van der Waals surface area contributed by atoms with E-state index in [4.69, 9.17) is 14.0 Å². The second-order valence-corrected chi connectivity index (χ2v) is 12.6. The second-order valence-electron chi connectivity index (χ2n) is 8.37. The van der Waals surface area contributed by atoms with Crippen molar-refractivity contribution in [2.75, 3.05) is 13.2 Å². The van der Waals surface area contributed by atoms with Crippen LogP contribution >= 0.6 is 14.5 Å². The van der Waals surface area contributed by atoms with Crippen LogP contribution in [-0.2, 0) is 44.0 Å². The number of aliphatic hydroxyl groups excluding tert-OH is 5. The van der Waals surface area contributed by atoms with Gasteiger partial charge >= 0.3 is 5.69 Å². The van der Waals surface area contributed by atoms with Gasteiger partial charge in [-0.05, 0) is 0 Å². The van der Waals surface area contributed by atoms with Crippen LogP contribution in [0.5, 0.6) is 0 Å². The molecule has 11 atom stereocenters. The van der Waals surface area contributed by atoms with Crippen molar-refractivity contribution in [3.63, 3.8) is 0 Å². The summed E-state index contributed by atoms with van der Waals surface area (Å²) in [6, 6.07) is -0.742. The number of carbonyl (C=O) groups is 1. The Balaban J connectivity index is 0.00000420. The van der Waals surface area contributed by atoms with Crippen molar-refractivity contribution < 1.29 is 67.5 Å². The van der Waals surface area contributed by atoms with Crippen molar-refractivity contribution in [3.05, 3.63) is 33.1 Å². The Kier molecular flexibility index (Phi) is 13.5. The summed E-state index contributed by atoms with van der Waals surface area (Å²) >= 11 is 4.53. The fraction of sp³-hybridized carbons (Fsp3) is 0.706. The molecule has 0 saturated carbocycles. The maximum atomic E-state index is 12.5. The summed E-state index contributed by atoms with van der Waals surface area (Å²) in [7, 11) is -5.73. The number of amides is 1. The zero-order chi connectivity index (χ0) is 29.3. The molecule has 0 aliphatic carbocycles. The van der Waals surface area contributed by atoms with Gasteiger partial charge in [-0.1, -0.05) is 11.8 Å². The van der Waals surface area contributed by atoms with Gasteiger partial charge in [-0.3, -0.25) is 32.5 Å². The minimum atomic E-state index is -5.73. The number of phosphoric ester groups is 1. The maximum absolute atomic E-state index is 12.5. The maximum Gasteiger partial charge on any atom is 0.330 e. The highest BCUT2D eigenvalue weighted by molar-refractivity contribution is 8.07. The third kappa shape index (κ3) is 9.23. The van der Waals surface area contributed by atoms with E-state index in [9.17, 15) is 54.3 Å². The molecule has 3 heterocycles. The first-order chi connectivity index (χ1) is 18.0. The van der Waals surface area contributed by atoms with Crippen LogP contribution in [0.25, 0.3) is 0 Å². The molecule has 2 unspecified atom stereocenters. The van der Waals surface area contributed by atoms with E-state index in [1.165, 1.54) is 0 Å². The molecule has 2 fully saturated rings. The SMILES string of the molecule is CC(=O)N[C@H]1[C@@H](OP(=O)([O-])OP([O-])(=S)OC[C@H]2O[C@@H](n3ccc(=O)[nH]c3=O)[C@H](O)[C@@H]2O)O[C@H](CO)[C@@H](O)[C@@H]1O.[NH4+].[NH4+]. The van der Waals surface area contributed by atoms with E-state index in [1.54, 1.807) is 0 Å². The molecule has 0 aromatic carbocycles. The Morgan fingerprint density at radius 2 is 1.73 bits per heavy atom. The number of aromatic amines is 1. The lowest BCUT2D eigenvalue weighted by atomic mass is 9.97. The minimum Gasteiger partial charge on any atom is -0.779 e. The third-order valence-electron chi connectivity index (χ3n) is 5.54. The Bertz CT molecular complexity index is 1250. The van der Waals surface area contributed by atoms with Crippen molar-refractivity contribution in [2.24, 2.45) is 0 Å². The monoisotopic (exact) mass is 657 g/mol. The fourth-order valence-corrected chi connectivity index (χ4v) is 6.75. The van der Waals surface area contributed by atoms with Gasteiger partial charge in [0.2, 0.25) is 5.91 Å². The summed E-state index contributed by atoms with van der Waals surface area (Å²) in [4.78, 5) is 61.5. The lowest BCUT2D eigenvalue weighted by Gasteiger charge is -2.44. The summed E-state index contributed by atoms with van der Waals surface area (Å²) in [6.45, 7) is -5.80. The van der Waals surface area contributed by atoms with Crippen LogP contribution in [-0.4, -0.2) is 103 Å². The molecule has 2 aliphatic rings. The van der Waals surface area contributed by atoms with Gasteiger partial charge in [0, 0.05) is 19.2 Å². The van der Waals surface area contributed by atoms with E-state index in [0.29, 0.717) is 0 Å². The first-order valence-corrected chi connectivity index (χ1v) is 15.0. The molecule has 1 amide bonds. The Hall–Kier alpha value is -1.53. The molecule has 238 valence electrons. The molecule has 3 rings (SSSR count). The zero-order valence-corrected chi connectivity index (χ0v) is 24.3. The number of aromatic nitrogens is 2. The molecule has 1 aromatic rings. The molecule has 15 N–H and O–H groups in total. The zero-order valence-electron chi connectivity index (χ0n) is 21.7. The molecule has 24 heteroatoms. The Labute approximate surface area is 235 Å². The predicted octanol–water partition coefficient (Wildman–Crippen LogP) is -5.05. The first-order valence-electron chi connectivity index (χ1n) is 10.9. The fourth-order valence-electron chi connectivity index (χ4n) is 3.74. The van der Waals surface area contributed by atoms with E-state index >= 15 is 0 Å². The number of hydrogen-bond acceptors (Lipinski definition) is 17. The lowest BCUT2D eigenvalue weighted by Crippen LogP contribution is -2.64. The van der Waals surface area contributed by atoms with Crippen molar-refractivity contribution in [1.29, 1.82) is 0 Å². The normalized spacial score (nSPS) is 34.4. The van der Waals surface area contributed by atoms with E-state index in [-0.39, 0.29) is 12.3 Å². The number of carbonyl (C=O) groups excluding carboxylic acids is 1. The van der Waals surface area contributed by atoms with Crippen LogP contribution in [0.1, 0.15) is 13.2 Å². The Morgan fingerprint density at radius 1 is 1.12 bits per heavy atom. The van der Waals surface area contributed by atoms with E-state index in [2.05, 4.69) is 26.0 Å². The van der Waals surface area contributed by atoms with Crippen LogP contribution in [0.4, 0.5) is 0 Å². The largest absolute Gasteiger partial charge is 0.779 e. The van der Waals surface area contributed by atoms with Gasteiger partial charge in [-0.25, -0.2) is 4.79 Å². The topological polar surface area (TPSA) is 367 Å². The van der Waals surface area contributed by atoms with Crippen LogP contribution in [0.2, 0.25) is 0 Å². The number of aliphatic hydroxyl groups is 5. The molecule has 0 bridgehead atoms. The average Bonchev–Trinajstić information content (AvgIpc) is 3.10. The third-order valence-corrected chi connectivity index (χ3v) is 8.99. The highest BCUT2D eigenvalue weighted by Crippen LogP contribution is 2.57. The van der Waals surface area contributed by atoms with Crippen LogP contribution < -0.4 is 38.7 Å². The predicted molar refractivity (Wildman–Crippen MR) is 135 cm³/mol. The number of rotatable bonds is 10. The second kappa shape index (κ2) is 14.8. The lowest BCUT2D eigenvalue weighted by molar-refractivity contribution is -0.283. The van der Waals surface area contributed by atoms with E-state index in [1.807, 2.05) is 4.98 Å². The molecule has 21 nitrogen and oxygen atoms in total. The van der Waals surface area contributed by atoms with Gasteiger partial charge in [0.1, 0.15) is 49.4 Å². The number of H-pyrrole nitrogens is 1. The van der Waals surface area contributed by atoms with Gasteiger partial charge in [0.15, 0.2) is 12.5 Å². The van der Waals surface area contributed by atoms with Gasteiger partial charge < -0.3 is 66.9 Å². The van der Waals surface area contributed by atoms with E-state index < -0.39 is 100 Å². The highest BCUT2D eigenvalue weighted by atomic mass is 32.5. The van der Waals surface area contributed by atoms with Gasteiger partial charge in [0.05, 0.1) is 13.2 Å². The summed E-state index contributed by atoms with van der Waals surface area (Å²) in [6.07, 6.45) is -12.8. The summed E-state index contributed by atoms with van der Waals surface area (Å²) in [5.74, 6) is -0.787. The minimum absolute atomic E-state index is 0. The highest BCUT2D eigenvalue weighted by Gasteiger charge is 2.47. The van der Waals surface area contributed by atoms with Crippen LogP contribution in [0.3, 0.4) is 0 Å². The molecule has 2 aliphatic heterocycles. The van der Waals surface area contributed by atoms with Crippen molar-refractivity contribution >= 4 is 32.3 Å². The molecule has 0 spiro atoms. The smallest absolute Gasteiger partial charge is 0.330 e. The Morgan fingerprint density at radius 3 is 2.29 bits per heavy atom. The standard InChI is InChI=1S/C17H27N3O16P2S.2H3N/c1-6(22)18-10-13(26)11(24)7(4-21)34-16(10)35-37(29,30)36-38(31,39)32-5-8-12(25)14(27)15(33-8)20-3-2-9(23)19-17(20)28;;/h2-3,7-8,10-16,21,24-27H,4-5H2,1H3,(H,18,22)(H,29,30)(H,31,39)(H,19,23,28);2*1H3/t7-,8-,10-,11-,12-,13-,14-,15-,16-,38?;;/m1../s1. The molecule has 0 radical (unpaired) electrons. The number of phosphoric acid groups is 1. The number of hydrogen-bond donors (Lipinski definition) is 9. The molecular weight excluding hydrogens is 624 g/mol. The van der Waals surface area contributed by atoms with Gasteiger partial charge in [-0.2, -0.15) is 0 Å². The number of nitrogens with one attached hydrogen (secondary N) is 2. The van der Waals surface area contributed by atoms with Crippen molar-refractivity contribution in [3.8, 4) is 0 Å². The van der Waals surface area contributed by atoms with E-state index in [0.717, 1.165) is 23.8 Å². The van der Waals surface area contributed by atoms with Crippen LogP contribution in [0.15, 0.2) is 21.9 Å². The van der Waals surface area contributed by atoms with Crippen LogP contribution in [0, 0.1) is 0 Å². The molecule has 41 heavy (non-hydrogen) atoms. The summed E-state index contributed by atoms with van der Waals surface area (Å²) < 4.78 is 37.3. The number of nitrogens with zero attached hydrogens (tertiary/aromatic N) is 1. The summed E-state index contributed by atoms with van der Waals surface area (Å²) in [5, 5.41) is 52.0. The molecule has 1 aromatic heterocycles. The first kappa shape index (κ1) is 37.5. The van der Waals surface area contributed by atoms with Gasteiger partial charge in [-0.15, -0.1) is 0 Å². The van der Waals surface area contributed by atoms with Gasteiger partial charge in [0.25, 0.3) is 13.4 Å². The quantitative estimate of drug-likeness (QED) is 0.106. The number of ether oxygens (including phenoxy) is 2. The average molecular weight is 657 g/mol. The molecule has 2 saturated heterocycles. The van der Waals surface area contributed by atoms with Crippen molar-refractivity contribution in [1.82, 2.24) is 27.2 Å². The summed E-state index contributed by atoms with van der Waals surface area (Å²) in [5.41, 5.74) is -1.72. The molecular formula is C17H33N5O16P2S. The number of quaternary nitrogens is 2. The van der Waals surface area contributed by atoms with Crippen molar-refractivity contribution in [2.45, 2.75) is 62.1 Å².